The molecule has 0 bridgehead atoms. The Bertz CT molecular complexity index is 511. The molecule has 3 rings (SSSR count). The average Bonchev–Trinajstić information content (AvgIpc) is 3.25. The number of aryl methyl sites for hydroxylation is 1. The monoisotopic (exact) mass is 325 g/mol. The number of rotatable bonds is 6. The van der Waals surface area contributed by atoms with Gasteiger partial charge in [0, 0.05) is 32.7 Å². The van der Waals surface area contributed by atoms with Crippen molar-refractivity contribution in [2.24, 2.45) is 5.92 Å². The van der Waals surface area contributed by atoms with Crippen molar-refractivity contribution in [2.45, 2.75) is 25.9 Å². The Morgan fingerprint density at radius 3 is 2.59 bits per heavy atom. The quantitative estimate of drug-likeness (QED) is 0.776. The van der Waals surface area contributed by atoms with Crippen molar-refractivity contribution in [2.75, 3.05) is 44.6 Å². The van der Waals surface area contributed by atoms with Crippen molar-refractivity contribution < 1.29 is 9.90 Å². The van der Waals surface area contributed by atoms with E-state index in [-0.39, 0.29) is 12.0 Å². The van der Waals surface area contributed by atoms with E-state index in [2.05, 4.69) is 25.3 Å². The van der Waals surface area contributed by atoms with Gasteiger partial charge in [-0.3, -0.25) is 19.9 Å². The Balaban J connectivity index is 1.37. The molecule has 0 spiro atoms. The van der Waals surface area contributed by atoms with Crippen LogP contribution in [0.2, 0.25) is 0 Å². The van der Waals surface area contributed by atoms with Crippen LogP contribution in [-0.4, -0.2) is 76.4 Å². The summed E-state index contributed by atoms with van der Waals surface area (Å²) < 4.78 is 0. The molecule has 0 radical (unpaired) electrons. The number of nitrogens with zero attached hydrogens (tertiary/aromatic N) is 4. The zero-order valence-corrected chi connectivity index (χ0v) is 13.7. The van der Waals surface area contributed by atoms with Crippen LogP contribution in [-0.2, 0) is 4.79 Å². The third-order valence-corrected chi connectivity index (χ3v) is 4.97. The number of anilines is 1. The van der Waals surface area contributed by atoms with Gasteiger partial charge in [-0.25, -0.2) is 0 Å². The predicted molar refractivity (Wildman–Crippen MR) is 84.9 cm³/mol. The maximum absolute atomic E-state index is 12.0. The Labute approximate surface area is 134 Å². The lowest BCUT2D eigenvalue weighted by molar-refractivity contribution is -0.117. The highest BCUT2D eigenvalue weighted by atomic mass is 32.1. The largest absolute Gasteiger partial charge is 0.392 e. The summed E-state index contributed by atoms with van der Waals surface area (Å²) >= 11 is 1.39. The molecule has 1 aromatic heterocycles. The summed E-state index contributed by atoms with van der Waals surface area (Å²) in [5.41, 5.74) is 0. The first-order valence-corrected chi connectivity index (χ1v) is 8.64. The third kappa shape index (κ3) is 4.45. The molecule has 1 aromatic rings. The molecule has 1 aliphatic carbocycles. The molecule has 7 nitrogen and oxygen atoms in total. The van der Waals surface area contributed by atoms with Gasteiger partial charge in [0.05, 0.1) is 12.6 Å². The van der Waals surface area contributed by atoms with Gasteiger partial charge in [-0.15, -0.1) is 10.2 Å². The number of piperazine rings is 1. The summed E-state index contributed by atoms with van der Waals surface area (Å²) in [6.07, 6.45) is 2.18. The van der Waals surface area contributed by atoms with E-state index in [4.69, 9.17) is 0 Å². The summed E-state index contributed by atoms with van der Waals surface area (Å²) in [6.45, 7) is 6.57. The zero-order valence-electron chi connectivity index (χ0n) is 12.9. The second kappa shape index (κ2) is 6.99. The molecule has 2 N–H and O–H groups in total. The van der Waals surface area contributed by atoms with Crippen LogP contribution in [0.3, 0.4) is 0 Å². The third-order valence-electron chi connectivity index (χ3n) is 4.22. The highest BCUT2D eigenvalue weighted by molar-refractivity contribution is 7.15. The summed E-state index contributed by atoms with van der Waals surface area (Å²) in [7, 11) is 0. The van der Waals surface area contributed by atoms with E-state index in [0.29, 0.717) is 17.6 Å². The van der Waals surface area contributed by atoms with Gasteiger partial charge in [0.15, 0.2) is 0 Å². The first-order chi connectivity index (χ1) is 10.6. The van der Waals surface area contributed by atoms with Crippen LogP contribution in [0, 0.1) is 12.8 Å². The maximum atomic E-state index is 12.0. The molecule has 22 heavy (non-hydrogen) atoms. The second-order valence-corrected chi connectivity index (χ2v) is 7.34. The minimum Gasteiger partial charge on any atom is -0.392 e. The lowest BCUT2D eigenvalue weighted by Crippen LogP contribution is -2.50. The van der Waals surface area contributed by atoms with Gasteiger partial charge in [-0.2, -0.15) is 0 Å². The topological polar surface area (TPSA) is 81.6 Å². The molecular weight excluding hydrogens is 302 g/mol. The molecule has 0 aromatic carbocycles. The van der Waals surface area contributed by atoms with Gasteiger partial charge in [-0.05, 0) is 25.7 Å². The Kier molecular flexibility index (Phi) is 5.02. The molecule has 2 aliphatic rings. The minimum atomic E-state index is -0.171. The number of β-amino-alcohol motifs (C(OH)–C–C–N with tert-alkyl or cyclic N) is 1. The van der Waals surface area contributed by atoms with E-state index in [0.717, 1.165) is 37.7 Å². The van der Waals surface area contributed by atoms with E-state index in [1.54, 1.807) is 0 Å². The Morgan fingerprint density at radius 1 is 1.32 bits per heavy atom. The van der Waals surface area contributed by atoms with Crippen molar-refractivity contribution >= 4 is 22.4 Å². The van der Waals surface area contributed by atoms with Gasteiger partial charge < -0.3 is 5.11 Å². The fourth-order valence-electron chi connectivity index (χ4n) is 2.73. The number of nitrogens with one attached hydrogen (secondary N) is 1. The van der Waals surface area contributed by atoms with Gasteiger partial charge in [0.2, 0.25) is 11.0 Å². The van der Waals surface area contributed by atoms with Crippen LogP contribution in [0.5, 0.6) is 0 Å². The molecule has 2 heterocycles. The summed E-state index contributed by atoms with van der Waals surface area (Å²) in [6, 6.07) is 0. The standard InChI is InChI=1S/C14H23N5O2S/c1-10-16-17-14(22-10)15-13(21)9-19-6-4-18(5-7-19)8-12(20)11-2-3-11/h11-12,20H,2-9H2,1H3,(H,15,17,21)/t12-/m0/s1. The average molecular weight is 325 g/mol. The number of aliphatic hydroxyl groups excluding tert-OH is 1. The molecule has 1 aliphatic heterocycles. The number of aromatic nitrogens is 2. The first kappa shape index (κ1) is 15.8. The van der Waals surface area contributed by atoms with Crippen molar-refractivity contribution in [3.63, 3.8) is 0 Å². The van der Waals surface area contributed by atoms with Gasteiger partial charge in [-0.1, -0.05) is 11.3 Å². The maximum Gasteiger partial charge on any atom is 0.240 e. The fraction of sp³-hybridized carbons (Fsp3) is 0.786. The summed E-state index contributed by atoms with van der Waals surface area (Å²) in [4.78, 5) is 16.4. The van der Waals surface area contributed by atoms with Crippen LogP contribution in [0.25, 0.3) is 0 Å². The van der Waals surface area contributed by atoms with Crippen LogP contribution in [0.15, 0.2) is 0 Å². The molecule has 1 amide bonds. The minimum absolute atomic E-state index is 0.0392. The van der Waals surface area contributed by atoms with E-state index >= 15 is 0 Å². The van der Waals surface area contributed by atoms with Crippen molar-refractivity contribution in [1.29, 1.82) is 0 Å². The highest BCUT2D eigenvalue weighted by Crippen LogP contribution is 2.32. The molecule has 2 fully saturated rings. The Morgan fingerprint density at radius 2 is 2.00 bits per heavy atom. The van der Waals surface area contributed by atoms with E-state index in [9.17, 15) is 9.90 Å². The van der Waals surface area contributed by atoms with Crippen molar-refractivity contribution in [3.05, 3.63) is 5.01 Å². The summed E-state index contributed by atoms with van der Waals surface area (Å²) in [5.74, 6) is 0.488. The van der Waals surface area contributed by atoms with Gasteiger partial charge in [0.1, 0.15) is 5.01 Å². The number of amides is 1. The Hall–Kier alpha value is -1.09. The summed E-state index contributed by atoms with van der Waals surface area (Å²) in [5, 5.41) is 22.0. The molecule has 1 saturated carbocycles. The number of aliphatic hydroxyl groups is 1. The fourth-order valence-corrected chi connectivity index (χ4v) is 3.34. The van der Waals surface area contributed by atoms with E-state index in [1.807, 2.05) is 6.92 Å². The van der Waals surface area contributed by atoms with Crippen molar-refractivity contribution in [1.82, 2.24) is 20.0 Å². The van der Waals surface area contributed by atoms with Gasteiger partial charge >= 0.3 is 0 Å². The number of carbonyl (C=O) groups excluding carboxylic acids is 1. The normalized spacial score (nSPS) is 21.7. The molecule has 8 heteroatoms. The lowest BCUT2D eigenvalue weighted by Gasteiger charge is -2.35. The predicted octanol–water partition coefficient (Wildman–Crippen LogP) is 0.174. The van der Waals surface area contributed by atoms with Crippen LogP contribution in [0.4, 0.5) is 5.13 Å². The van der Waals surface area contributed by atoms with Crippen molar-refractivity contribution in [3.8, 4) is 0 Å². The second-order valence-electron chi connectivity index (χ2n) is 6.16. The van der Waals surface area contributed by atoms with E-state index in [1.165, 1.54) is 24.2 Å². The smallest absolute Gasteiger partial charge is 0.240 e. The highest BCUT2D eigenvalue weighted by Gasteiger charge is 2.31. The number of carbonyl (C=O) groups is 1. The SMILES string of the molecule is Cc1nnc(NC(=O)CN2CCN(C[C@H](O)C3CC3)CC2)s1. The van der Waals surface area contributed by atoms with E-state index < -0.39 is 0 Å². The van der Waals surface area contributed by atoms with Crippen LogP contribution in [0.1, 0.15) is 17.8 Å². The van der Waals surface area contributed by atoms with Gasteiger partial charge in [0.25, 0.3) is 0 Å². The molecule has 1 atom stereocenters. The first-order valence-electron chi connectivity index (χ1n) is 7.83. The molecule has 0 unspecified atom stereocenters. The number of hydrogen-bond acceptors (Lipinski definition) is 7. The lowest BCUT2D eigenvalue weighted by atomic mass is 10.2. The number of hydrogen-bond donors (Lipinski definition) is 2. The molecular formula is C14H23N5O2S. The van der Waals surface area contributed by atoms with Crippen LogP contribution < -0.4 is 5.32 Å². The van der Waals surface area contributed by atoms with Crippen LogP contribution >= 0.6 is 11.3 Å². The molecule has 1 saturated heterocycles. The molecule has 122 valence electrons. The zero-order chi connectivity index (χ0) is 15.5.